The Labute approximate surface area is 113 Å². The molecule has 1 rings (SSSR count). The zero-order chi connectivity index (χ0) is 14.4. The van der Waals surface area contributed by atoms with Gasteiger partial charge in [-0.25, -0.2) is 0 Å². The van der Waals surface area contributed by atoms with Crippen molar-refractivity contribution < 1.29 is 14.7 Å². The molecule has 0 aliphatic rings. The monoisotopic (exact) mass is 264 g/mol. The minimum absolute atomic E-state index is 0.0291. The van der Waals surface area contributed by atoms with Gasteiger partial charge in [0.15, 0.2) is 0 Å². The highest BCUT2D eigenvalue weighted by atomic mass is 16.4. The van der Waals surface area contributed by atoms with Crippen LogP contribution in [-0.4, -0.2) is 42.5 Å². The number of nitrogens with one attached hydrogen (secondary N) is 1. The van der Waals surface area contributed by atoms with Crippen LogP contribution in [0.5, 0.6) is 0 Å². The Hall–Kier alpha value is -1.88. The topological polar surface area (TPSA) is 69.6 Å². The van der Waals surface area contributed by atoms with Gasteiger partial charge >= 0.3 is 5.97 Å². The van der Waals surface area contributed by atoms with E-state index in [1.165, 1.54) is 0 Å². The molecule has 0 heterocycles. The van der Waals surface area contributed by atoms with E-state index in [1.807, 2.05) is 36.2 Å². The number of carbonyl (C=O) groups excluding carboxylic acids is 1. The fourth-order valence-corrected chi connectivity index (χ4v) is 1.75. The molecule has 0 radical (unpaired) electrons. The van der Waals surface area contributed by atoms with Gasteiger partial charge in [0.1, 0.15) is 0 Å². The Kier molecular flexibility index (Phi) is 5.51. The summed E-state index contributed by atoms with van der Waals surface area (Å²) < 4.78 is 0. The van der Waals surface area contributed by atoms with E-state index in [1.54, 1.807) is 14.0 Å². The number of amides is 1. The molecule has 5 heteroatoms. The second-order valence-corrected chi connectivity index (χ2v) is 4.65. The van der Waals surface area contributed by atoms with Crippen molar-refractivity contribution in [1.82, 2.24) is 10.2 Å². The minimum Gasteiger partial charge on any atom is -0.481 e. The lowest BCUT2D eigenvalue weighted by Crippen LogP contribution is -2.32. The van der Waals surface area contributed by atoms with Crippen molar-refractivity contribution in [1.29, 1.82) is 0 Å². The molecular weight excluding hydrogens is 244 g/mol. The maximum atomic E-state index is 11.2. The van der Waals surface area contributed by atoms with E-state index in [-0.39, 0.29) is 5.91 Å². The van der Waals surface area contributed by atoms with Gasteiger partial charge in [0, 0.05) is 13.6 Å². The second kappa shape index (κ2) is 6.89. The number of nitrogens with zero attached hydrogens (tertiary/aromatic N) is 1. The summed E-state index contributed by atoms with van der Waals surface area (Å²) in [6.07, 6.45) is 0. The summed E-state index contributed by atoms with van der Waals surface area (Å²) in [6.45, 7) is 2.65. The van der Waals surface area contributed by atoms with E-state index in [2.05, 4.69) is 5.32 Å². The third-order valence-electron chi connectivity index (χ3n) is 2.99. The predicted molar refractivity (Wildman–Crippen MR) is 72.9 cm³/mol. The van der Waals surface area contributed by atoms with Gasteiger partial charge in [-0.3, -0.25) is 14.5 Å². The van der Waals surface area contributed by atoms with E-state index in [0.29, 0.717) is 13.1 Å². The van der Waals surface area contributed by atoms with E-state index < -0.39 is 11.9 Å². The van der Waals surface area contributed by atoms with Crippen molar-refractivity contribution in [3.05, 3.63) is 35.4 Å². The van der Waals surface area contributed by atoms with Crippen molar-refractivity contribution >= 4 is 11.9 Å². The molecule has 19 heavy (non-hydrogen) atoms. The largest absolute Gasteiger partial charge is 0.481 e. The van der Waals surface area contributed by atoms with Gasteiger partial charge < -0.3 is 10.4 Å². The zero-order valence-corrected chi connectivity index (χ0v) is 11.5. The van der Waals surface area contributed by atoms with Crippen LogP contribution < -0.4 is 5.32 Å². The number of likely N-dealkylation sites (N-methyl/N-ethyl adjacent to an activating group) is 2. The van der Waals surface area contributed by atoms with Gasteiger partial charge in [-0.2, -0.15) is 0 Å². The molecule has 0 saturated carbocycles. The number of carboxylic acids is 1. The average Bonchev–Trinajstić information content (AvgIpc) is 2.38. The Morgan fingerprint density at radius 3 is 2.37 bits per heavy atom. The van der Waals surface area contributed by atoms with E-state index in [0.717, 1.165) is 11.1 Å². The first-order valence-corrected chi connectivity index (χ1v) is 6.14. The number of rotatable bonds is 6. The minimum atomic E-state index is -0.829. The molecule has 5 nitrogen and oxygen atoms in total. The summed E-state index contributed by atoms with van der Waals surface area (Å²) in [4.78, 5) is 24.0. The molecule has 1 amide bonds. The van der Waals surface area contributed by atoms with E-state index >= 15 is 0 Å². The summed E-state index contributed by atoms with van der Waals surface area (Å²) in [7, 11) is 3.47. The molecule has 1 aromatic carbocycles. The van der Waals surface area contributed by atoms with Crippen molar-refractivity contribution in [2.24, 2.45) is 0 Å². The summed E-state index contributed by atoms with van der Waals surface area (Å²) in [5.74, 6) is -1.36. The van der Waals surface area contributed by atoms with Crippen LogP contribution in [0.1, 0.15) is 24.0 Å². The fraction of sp³-hybridized carbons (Fsp3) is 0.429. The summed E-state index contributed by atoms with van der Waals surface area (Å²) in [6, 6.07) is 7.44. The molecule has 0 saturated heterocycles. The Balaban J connectivity index is 2.62. The maximum absolute atomic E-state index is 11.2. The summed E-state index contributed by atoms with van der Waals surface area (Å²) >= 11 is 0. The Morgan fingerprint density at radius 1 is 1.32 bits per heavy atom. The van der Waals surface area contributed by atoms with Gasteiger partial charge in [-0.05, 0) is 25.1 Å². The molecule has 0 fully saturated rings. The molecule has 0 aromatic heterocycles. The number of aliphatic carboxylic acids is 1. The molecule has 1 atom stereocenters. The highest BCUT2D eigenvalue weighted by molar-refractivity contribution is 5.77. The van der Waals surface area contributed by atoms with Crippen LogP contribution >= 0.6 is 0 Å². The second-order valence-electron chi connectivity index (χ2n) is 4.65. The standard InChI is InChI=1S/C14H20N2O3/c1-10(14(18)19)12-6-4-11(5-7-12)8-16(3)9-13(17)15-2/h4-7,10H,8-9H2,1-3H3,(H,15,17)(H,18,19). The maximum Gasteiger partial charge on any atom is 0.310 e. The first kappa shape index (κ1) is 15.2. The molecular formula is C14H20N2O3. The zero-order valence-electron chi connectivity index (χ0n) is 11.5. The normalized spacial score (nSPS) is 12.2. The Morgan fingerprint density at radius 2 is 1.89 bits per heavy atom. The number of carbonyl (C=O) groups is 2. The molecule has 104 valence electrons. The lowest BCUT2D eigenvalue weighted by molar-refractivity contribution is -0.138. The van der Waals surface area contributed by atoms with Crippen LogP contribution in [0.25, 0.3) is 0 Å². The van der Waals surface area contributed by atoms with Gasteiger partial charge in [-0.15, -0.1) is 0 Å². The number of hydrogen-bond acceptors (Lipinski definition) is 3. The first-order valence-electron chi connectivity index (χ1n) is 6.14. The highest BCUT2D eigenvalue weighted by Crippen LogP contribution is 2.16. The average molecular weight is 264 g/mol. The van der Waals surface area contributed by atoms with Gasteiger partial charge in [-0.1, -0.05) is 24.3 Å². The smallest absolute Gasteiger partial charge is 0.310 e. The first-order chi connectivity index (χ1) is 8.93. The van der Waals surface area contributed by atoms with Gasteiger partial charge in [0.25, 0.3) is 0 Å². The van der Waals surface area contributed by atoms with E-state index in [9.17, 15) is 9.59 Å². The van der Waals surface area contributed by atoms with Crippen molar-refractivity contribution in [3.63, 3.8) is 0 Å². The third kappa shape index (κ3) is 4.71. The van der Waals surface area contributed by atoms with Gasteiger partial charge in [0.2, 0.25) is 5.91 Å². The van der Waals surface area contributed by atoms with Crippen LogP contribution in [0.2, 0.25) is 0 Å². The van der Waals surface area contributed by atoms with Crippen LogP contribution in [0.15, 0.2) is 24.3 Å². The molecule has 1 aromatic rings. The van der Waals surface area contributed by atoms with Crippen LogP contribution in [0.4, 0.5) is 0 Å². The summed E-state index contributed by atoms with van der Waals surface area (Å²) in [5.41, 5.74) is 1.83. The molecule has 0 bridgehead atoms. The van der Waals surface area contributed by atoms with Crippen LogP contribution in [0.3, 0.4) is 0 Å². The van der Waals surface area contributed by atoms with Crippen molar-refractivity contribution in [3.8, 4) is 0 Å². The highest BCUT2D eigenvalue weighted by Gasteiger charge is 2.13. The lowest BCUT2D eigenvalue weighted by atomic mass is 10.00. The SMILES string of the molecule is CNC(=O)CN(C)Cc1ccc(C(C)C(=O)O)cc1. The lowest BCUT2D eigenvalue weighted by Gasteiger charge is -2.16. The molecule has 0 aliphatic heterocycles. The molecule has 1 unspecified atom stereocenters. The number of benzene rings is 1. The van der Waals surface area contributed by atoms with Crippen LogP contribution in [-0.2, 0) is 16.1 Å². The quantitative estimate of drug-likeness (QED) is 0.806. The fourth-order valence-electron chi connectivity index (χ4n) is 1.75. The third-order valence-corrected chi connectivity index (χ3v) is 2.99. The summed E-state index contributed by atoms with van der Waals surface area (Å²) in [5, 5.41) is 11.5. The number of carboxylic acid groups (broad SMARTS) is 1. The predicted octanol–water partition coefficient (Wildman–Crippen LogP) is 1.05. The van der Waals surface area contributed by atoms with E-state index in [4.69, 9.17) is 5.11 Å². The molecule has 2 N–H and O–H groups in total. The van der Waals surface area contributed by atoms with Crippen molar-refractivity contribution in [2.75, 3.05) is 20.6 Å². The molecule has 0 spiro atoms. The van der Waals surface area contributed by atoms with Gasteiger partial charge in [0.05, 0.1) is 12.5 Å². The number of hydrogen-bond donors (Lipinski definition) is 2. The Bertz CT molecular complexity index is 443. The van der Waals surface area contributed by atoms with Crippen molar-refractivity contribution in [2.45, 2.75) is 19.4 Å². The molecule has 0 aliphatic carbocycles. The van der Waals surface area contributed by atoms with Crippen LogP contribution in [0, 0.1) is 0 Å².